The van der Waals surface area contributed by atoms with Crippen molar-refractivity contribution < 1.29 is 0 Å². The minimum Gasteiger partial charge on any atom is -0.402 e. The zero-order chi connectivity index (χ0) is 15.3. The quantitative estimate of drug-likeness (QED) is 0.694. The molecule has 0 bridgehead atoms. The maximum absolute atomic E-state index is 6.55. The van der Waals surface area contributed by atoms with Crippen LogP contribution in [0, 0.1) is 11.3 Å². The highest BCUT2D eigenvalue weighted by molar-refractivity contribution is 5.63. The van der Waals surface area contributed by atoms with Crippen LogP contribution in [-0.4, -0.2) is 0 Å². The van der Waals surface area contributed by atoms with Gasteiger partial charge in [-0.2, -0.15) is 0 Å². The molecule has 4 aliphatic rings. The minimum absolute atomic E-state index is 0.195. The highest BCUT2D eigenvalue weighted by Crippen LogP contribution is 2.58. The van der Waals surface area contributed by atoms with Crippen molar-refractivity contribution in [2.45, 2.75) is 58.8 Å². The molecule has 1 unspecified atom stereocenters. The molecule has 0 aromatic heterocycles. The second-order valence-corrected chi connectivity index (χ2v) is 7.74. The summed E-state index contributed by atoms with van der Waals surface area (Å²) in [4.78, 5) is 0. The van der Waals surface area contributed by atoms with E-state index in [4.69, 9.17) is 5.73 Å². The van der Waals surface area contributed by atoms with Crippen molar-refractivity contribution in [1.82, 2.24) is 0 Å². The topological polar surface area (TPSA) is 26.0 Å². The van der Waals surface area contributed by atoms with Gasteiger partial charge in [-0.3, -0.25) is 0 Å². The predicted molar refractivity (Wildman–Crippen MR) is 93.1 cm³/mol. The lowest BCUT2D eigenvalue weighted by Crippen LogP contribution is -2.25. The molecule has 4 aliphatic carbocycles. The summed E-state index contributed by atoms with van der Waals surface area (Å²) >= 11 is 0. The van der Waals surface area contributed by atoms with Gasteiger partial charge in [-0.15, -0.1) is 0 Å². The lowest BCUT2D eigenvalue weighted by Gasteiger charge is -2.35. The molecule has 0 aromatic carbocycles. The number of hydrogen-bond acceptors (Lipinski definition) is 1. The van der Waals surface area contributed by atoms with Crippen molar-refractivity contribution in [3.8, 4) is 0 Å². The van der Waals surface area contributed by atoms with E-state index in [0.717, 1.165) is 18.5 Å². The monoisotopic (exact) mass is 293 g/mol. The summed E-state index contributed by atoms with van der Waals surface area (Å²) in [6.45, 7) is 4.88. The third-order valence-electron chi connectivity index (χ3n) is 6.12. The normalized spacial score (nSPS) is 30.0. The van der Waals surface area contributed by atoms with Crippen molar-refractivity contribution >= 4 is 0 Å². The Morgan fingerprint density at radius 3 is 2.59 bits per heavy atom. The van der Waals surface area contributed by atoms with E-state index in [1.807, 2.05) is 0 Å². The first-order chi connectivity index (χ1) is 10.6. The molecule has 0 aromatic rings. The first kappa shape index (κ1) is 14.1. The van der Waals surface area contributed by atoms with E-state index in [0.29, 0.717) is 5.92 Å². The van der Waals surface area contributed by atoms with Crippen molar-refractivity contribution in [3.05, 3.63) is 57.9 Å². The largest absolute Gasteiger partial charge is 0.402 e. The maximum atomic E-state index is 6.55. The Morgan fingerprint density at radius 2 is 1.82 bits per heavy atom. The van der Waals surface area contributed by atoms with Crippen LogP contribution in [0.3, 0.4) is 0 Å². The van der Waals surface area contributed by atoms with Gasteiger partial charge in [0.2, 0.25) is 0 Å². The van der Waals surface area contributed by atoms with Gasteiger partial charge in [0.05, 0.1) is 0 Å². The van der Waals surface area contributed by atoms with Crippen LogP contribution in [0.15, 0.2) is 57.9 Å². The first-order valence-electron chi connectivity index (χ1n) is 8.89. The van der Waals surface area contributed by atoms with Crippen LogP contribution in [0.5, 0.6) is 0 Å². The van der Waals surface area contributed by atoms with Crippen LogP contribution < -0.4 is 5.73 Å². The van der Waals surface area contributed by atoms with Crippen LogP contribution in [0.25, 0.3) is 0 Å². The van der Waals surface area contributed by atoms with E-state index in [1.165, 1.54) is 37.7 Å². The third kappa shape index (κ3) is 1.91. The molecule has 0 heterocycles. The van der Waals surface area contributed by atoms with Crippen LogP contribution in [0.1, 0.15) is 58.8 Å². The first-order valence-corrected chi connectivity index (χ1v) is 8.89. The Morgan fingerprint density at radius 1 is 1.00 bits per heavy atom. The van der Waals surface area contributed by atoms with E-state index >= 15 is 0 Å². The van der Waals surface area contributed by atoms with E-state index in [9.17, 15) is 0 Å². The van der Waals surface area contributed by atoms with E-state index < -0.39 is 0 Å². The number of rotatable bonds is 1. The minimum atomic E-state index is 0.195. The highest BCUT2D eigenvalue weighted by atomic mass is 14.6. The summed E-state index contributed by atoms with van der Waals surface area (Å²) in [6.07, 6.45) is 17.6. The zero-order valence-corrected chi connectivity index (χ0v) is 13.9. The van der Waals surface area contributed by atoms with E-state index in [1.54, 1.807) is 22.3 Å². The smallest absolute Gasteiger partial charge is 0.0126 e. The van der Waals surface area contributed by atoms with Gasteiger partial charge in [0.1, 0.15) is 0 Å². The molecule has 1 heteroatoms. The Labute approximate surface area is 134 Å². The molecule has 1 nitrogen and oxygen atoms in total. The Hall–Kier alpha value is -1.50. The second-order valence-electron chi connectivity index (χ2n) is 7.74. The molecule has 0 saturated heterocycles. The fourth-order valence-corrected chi connectivity index (χ4v) is 5.16. The molecule has 116 valence electrons. The molecule has 0 radical (unpaired) electrons. The summed E-state index contributed by atoms with van der Waals surface area (Å²) < 4.78 is 0. The van der Waals surface area contributed by atoms with Crippen molar-refractivity contribution in [3.63, 3.8) is 0 Å². The molecule has 0 spiro atoms. The summed E-state index contributed by atoms with van der Waals surface area (Å²) in [5.74, 6) is 0.482. The van der Waals surface area contributed by atoms with Gasteiger partial charge < -0.3 is 5.73 Å². The van der Waals surface area contributed by atoms with Crippen molar-refractivity contribution in [2.75, 3.05) is 0 Å². The van der Waals surface area contributed by atoms with Crippen molar-refractivity contribution in [1.29, 1.82) is 0 Å². The summed E-state index contributed by atoms with van der Waals surface area (Å²) in [7, 11) is 0. The van der Waals surface area contributed by atoms with Crippen LogP contribution >= 0.6 is 0 Å². The Balaban J connectivity index is 1.84. The molecule has 4 rings (SSSR count). The predicted octanol–water partition coefficient (Wildman–Crippen LogP) is 5.33. The van der Waals surface area contributed by atoms with Crippen LogP contribution in [0.2, 0.25) is 0 Å². The fraction of sp³-hybridized carbons (Fsp3) is 0.524. The summed E-state index contributed by atoms with van der Waals surface area (Å²) in [5, 5.41) is 0. The maximum Gasteiger partial charge on any atom is 0.0126 e. The van der Waals surface area contributed by atoms with Crippen LogP contribution in [0.4, 0.5) is 0 Å². The number of fused-ring (bicyclic) bond motifs is 1. The van der Waals surface area contributed by atoms with Crippen LogP contribution in [-0.2, 0) is 0 Å². The number of hydrogen-bond donors (Lipinski definition) is 1. The van der Waals surface area contributed by atoms with Gasteiger partial charge in [0.15, 0.2) is 0 Å². The van der Waals surface area contributed by atoms with Gasteiger partial charge >= 0.3 is 0 Å². The molecule has 2 N–H and O–H groups in total. The fourth-order valence-electron chi connectivity index (χ4n) is 5.16. The molecule has 0 amide bonds. The average Bonchev–Trinajstić information content (AvgIpc) is 2.77. The van der Waals surface area contributed by atoms with E-state index in [2.05, 4.69) is 38.2 Å². The Kier molecular flexibility index (Phi) is 3.21. The van der Waals surface area contributed by atoms with Gasteiger partial charge in [-0.25, -0.2) is 0 Å². The van der Waals surface area contributed by atoms with Gasteiger partial charge in [0, 0.05) is 17.0 Å². The van der Waals surface area contributed by atoms with Gasteiger partial charge in [-0.05, 0) is 67.2 Å². The summed E-state index contributed by atoms with van der Waals surface area (Å²) in [6, 6.07) is 0. The second kappa shape index (κ2) is 5.01. The molecule has 0 aliphatic heterocycles. The van der Waals surface area contributed by atoms with E-state index in [-0.39, 0.29) is 5.41 Å². The van der Waals surface area contributed by atoms with Crippen molar-refractivity contribution in [2.24, 2.45) is 17.1 Å². The lowest BCUT2D eigenvalue weighted by molar-refractivity contribution is 0.491. The SMILES string of the molecule is CC1(C)C2=C(CCCC2)C2=C1C(C1C=CC=CC1)=C(N)CC2. The third-order valence-corrected chi connectivity index (χ3v) is 6.12. The molecular weight excluding hydrogens is 266 g/mol. The lowest BCUT2D eigenvalue weighted by atomic mass is 9.69. The standard InChI is InChI=1S/C21H27N/c1-21(2)17-11-7-6-10-15(17)16-12-13-18(22)19(20(16)21)14-8-4-3-5-9-14/h3-5,8,14H,6-7,9-13,22H2,1-2H3. The molecule has 1 atom stereocenters. The van der Waals surface area contributed by atoms with Gasteiger partial charge in [-0.1, -0.05) is 43.7 Å². The molecule has 0 fully saturated rings. The average molecular weight is 293 g/mol. The van der Waals surface area contributed by atoms with Gasteiger partial charge in [0.25, 0.3) is 0 Å². The zero-order valence-electron chi connectivity index (χ0n) is 13.9. The Bertz CT molecular complexity index is 664. The summed E-state index contributed by atoms with van der Waals surface area (Å²) in [5.41, 5.74) is 16.1. The molecule has 22 heavy (non-hydrogen) atoms. The molecule has 0 saturated carbocycles. The highest BCUT2D eigenvalue weighted by Gasteiger charge is 2.44. The number of nitrogens with two attached hydrogens (primary N) is 1. The number of allylic oxidation sites excluding steroid dienone is 10. The molecular formula is C21H27N.